The van der Waals surface area contributed by atoms with Crippen LogP contribution in [0.25, 0.3) is 0 Å². The van der Waals surface area contributed by atoms with Crippen LogP contribution in [0.1, 0.15) is 67.2 Å². The highest BCUT2D eigenvalue weighted by Crippen LogP contribution is 2.25. The summed E-state index contributed by atoms with van der Waals surface area (Å²) in [6.07, 6.45) is 8.31. The number of hydrogen-bond acceptors (Lipinski definition) is 2. The molecule has 24 heavy (non-hydrogen) atoms. The SMILES string of the molecule is Cc1cc(C)c(CN2CCCC2C(=O)NC2CCCCC2)c(C)c1. The van der Waals surface area contributed by atoms with Crippen molar-refractivity contribution >= 4 is 5.91 Å². The Bertz CT molecular complexity index is 566. The highest BCUT2D eigenvalue weighted by Gasteiger charge is 2.32. The summed E-state index contributed by atoms with van der Waals surface area (Å²) < 4.78 is 0. The number of hydrogen-bond donors (Lipinski definition) is 1. The van der Waals surface area contributed by atoms with Gasteiger partial charge in [0.1, 0.15) is 0 Å². The number of carbonyl (C=O) groups is 1. The Morgan fingerprint density at radius 2 is 1.71 bits per heavy atom. The molecule has 1 aliphatic heterocycles. The number of rotatable bonds is 4. The monoisotopic (exact) mass is 328 g/mol. The van der Waals surface area contributed by atoms with Gasteiger partial charge in [0.05, 0.1) is 6.04 Å². The third-order valence-electron chi connectivity index (χ3n) is 5.82. The summed E-state index contributed by atoms with van der Waals surface area (Å²) in [7, 11) is 0. The molecule has 3 rings (SSSR count). The van der Waals surface area contributed by atoms with Crippen LogP contribution in [0.4, 0.5) is 0 Å². The second kappa shape index (κ2) is 7.69. The van der Waals surface area contributed by atoms with Crippen molar-refractivity contribution in [1.82, 2.24) is 10.2 Å². The number of carbonyl (C=O) groups excluding carboxylic acids is 1. The van der Waals surface area contributed by atoms with E-state index in [4.69, 9.17) is 0 Å². The lowest BCUT2D eigenvalue weighted by Gasteiger charge is -2.29. The number of amides is 1. The predicted molar refractivity (Wildman–Crippen MR) is 99.1 cm³/mol. The van der Waals surface area contributed by atoms with Crippen LogP contribution in [-0.2, 0) is 11.3 Å². The van der Waals surface area contributed by atoms with Crippen molar-refractivity contribution in [2.75, 3.05) is 6.54 Å². The molecule has 1 saturated carbocycles. The van der Waals surface area contributed by atoms with Crippen molar-refractivity contribution in [1.29, 1.82) is 0 Å². The fourth-order valence-electron chi connectivity index (χ4n) is 4.52. The Hall–Kier alpha value is -1.35. The summed E-state index contributed by atoms with van der Waals surface area (Å²) in [4.78, 5) is 15.2. The first-order valence-electron chi connectivity index (χ1n) is 9.66. The first-order chi connectivity index (χ1) is 11.5. The highest BCUT2D eigenvalue weighted by atomic mass is 16.2. The Balaban J connectivity index is 1.66. The zero-order chi connectivity index (χ0) is 17.1. The van der Waals surface area contributed by atoms with E-state index < -0.39 is 0 Å². The molecule has 2 fully saturated rings. The molecule has 1 aliphatic carbocycles. The van der Waals surface area contributed by atoms with Gasteiger partial charge >= 0.3 is 0 Å². The maximum absolute atomic E-state index is 12.8. The molecule has 0 bridgehead atoms. The van der Waals surface area contributed by atoms with Crippen LogP contribution in [0, 0.1) is 20.8 Å². The van der Waals surface area contributed by atoms with Crippen molar-refractivity contribution in [2.24, 2.45) is 0 Å². The first-order valence-corrected chi connectivity index (χ1v) is 9.66. The molecule has 1 unspecified atom stereocenters. The second-order valence-electron chi connectivity index (χ2n) is 7.85. The number of nitrogens with one attached hydrogen (secondary N) is 1. The largest absolute Gasteiger partial charge is 0.352 e. The highest BCUT2D eigenvalue weighted by molar-refractivity contribution is 5.82. The average Bonchev–Trinajstić information content (AvgIpc) is 3.00. The van der Waals surface area contributed by atoms with E-state index in [1.165, 1.54) is 41.5 Å². The number of nitrogens with zero attached hydrogens (tertiary/aromatic N) is 1. The normalized spacial score (nSPS) is 22.7. The molecule has 3 nitrogen and oxygen atoms in total. The maximum atomic E-state index is 12.8. The van der Waals surface area contributed by atoms with Gasteiger partial charge in [0, 0.05) is 12.6 Å². The number of benzene rings is 1. The predicted octanol–water partition coefficient (Wildman–Crippen LogP) is 4.03. The fourth-order valence-corrected chi connectivity index (χ4v) is 4.52. The van der Waals surface area contributed by atoms with E-state index >= 15 is 0 Å². The molecule has 3 heteroatoms. The molecule has 1 aromatic carbocycles. The van der Waals surface area contributed by atoms with Crippen LogP contribution in [-0.4, -0.2) is 29.4 Å². The topological polar surface area (TPSA) is 32.3 Å². The lowest BCUT2D eigenvalue weighted by atomic mass is 9.95. The minimum atomic E-state index is 0.0621. The molecule has 0 aromatic heterocycles. The summed E-state index contributed by atoms with van der Waals surface area (Å²) in [5.74, 6) is 0.266. The van der Waals surface area contributed by atoms with Crippen molar-refractivity contribution in [3.05, 3.63) is 34.4 Å². The number of likely N-dealkylation sites (tertiary alicyclic amines) is 1. The van der Waals surface area contributed by atoms with Gasteiger partial charge in [0.25, 0.3) is 0 Å². The van der Waals surface area contributed by atoms with Gasteiger partial charge < -0.3 is 5.32 Å². The minimum absolute atomic E-state index is 0.0621. The van der Waals surface area contributed by atoms with Crippen LogP contribution in [0.15, 0.2) is 12.1 Å². The summed E-state index contributed by atoms with van der Waals surface area (Å²) >= 11 is 0. The summed E-state index contributed by atoms with van der Waals surface area (Å²) in [6, 6.07) is 4.99. The van der Waals surface area contributed by atoms with Crippen molar-refractivity contribution < 1.29 is 4.79 Å². The first kappa shape index (κ1) is 17.5. The molecule has 0 spiro atoms. The molecule has 1 amide bonds. The zero-order valence-electron chi connectivity index (χ0n) is 15.5. The van der Waals surface area contributed by atoms with E-state index in [0.717, 1.165) is 38.8 Å². The Kier molecular flexibility index (Phi) is 5.60. The van der Waals surface area contributed by atoms with Crippen molar-refractivity contribution in [3.8, 4) is 0 Å². The van der Waals surface area contributed by atoms with Gasteiger partial charge in [-0.3, -0.25) is 9.69 Å². The van der Waals surface area contributed by atoms with E-state index in [2.05, 4.69) is 43.1 Å². The van der Waals surface area contributed by atoms with E-state index in [1.807, 2.05) is 0 Å². The third-order valence-corrected chi connectivity index (χ3v) is 5.82. The molecule has 1 N–H and O–H groups in total. The Labute approximate surface area is 146 Å². The van der Waals surface area contributed by atoms with Crippen LogP contribution in [0.3, 0.4) is 0 Å². The number of aryl methyl sites for hydroxylation is 3. The van der Waals surface area contributed by atoms with Crippen LogP contribution in [0.5, 0.6) is 0 Å². The molecule has 2 aliphatic rings. The maximum Gasteiger partial charge on any atom is 0.237 e. The van der Waals surface area contributed by atoms with E-state index in [9.17, 15) is 4.79 Å². The second-order valence-corrected chi connectivity index (χ2v) is 7.85. The summed E-state index contributed by atoms with van der Waals surface area (Å²) in [5.41, 5.74) is 5.43. The molecular weight excluding hydrogens is 296 g/mol. The molecule has 132 valence electrons. The van der Waals surface area contributed by atoms with Gasteiger partial charge in [-0.25, -0.2) is 0 Å². The molecule has 1 aromatic rings. The Morgan fingerprint density at radius 3 is 2.38 bits per heavy atom. The standard InChI is InChI=1S/C21H32N2O/c1-15-12-16(2)19(17(3)13-15)14-23-11-7-10-20(23)21(24)22-18-8-5-4-6-9-18/h12-13,18,20H,4-11,14H2,1-3H3,(H,22,24). The minimum Gasteiger partial charge on any atom is -0.352 e. The smallest absolute Gasteiger partial charge is 0.237 e. The van der Waals surface area contributed by atoms with Gasteiger partial charge in [0.2, 0.25) is 5.91 Å². The third kappa shape index (κ3) is 4.00. The molecule has 1 heterocycles. The quantitative estimate of drug-likeness (QED) is 0.905. The zero-order valence-corrected chi connectivity index (χ0v) is 15.5. The van der Waals surface area contributed by atoms with Crippen molar-refractivity contribution in [3.63, 3.8) is 0 Å². The Morgan fingerprint density at radius 1 is 1.04 bits per heavy atom. The summed E-state index contributed by atoms with van der Waals surface area (Å²) in [6.45, 7) is 8.49. The van der Waals surface area contributed by atoms with E-state index in [0.29, 0.717) is 6.04 Å². The molecule has 1 saturated heterocycles. The molecule has 0 radical (unpaired) electrons. The lowest BCUT2D eigenvalue weighted by molar-refractivity contribution is -0.126. The van der Waals surface area contributed by atoms with Gasteiger partial charge in [-0.2, -0.15) is 0 Å². The van der Waals surface area contributed by atoms with Crippen molar-refractivity contribution in [2.45, 2.75) is 84.3 Å². The van der Waals surface area contributed by atoms with E-state index in [-0.39, 0.29) is 11.9 Å². The van der Waals surface area contributed by atoms with Gasteiger partial charge in [-0.15, -0.1) is 0 Å². The fraction of sp³-hybridized carbons (Fsp3) is 0.667. The summed E-state index contributed by atoms with van der Waals surface area (Å²) in [5, 5.41) is 3.33. The average molecular weight is 329 g/mol. The van der Waals surface area contributed by atoms with Crippen LogP contribution < -0.4 is 5.32 Å². The van der Waals surface area contributed by atoms with Crippen LogP contribution >= 0.6 is 0 Å². The van der Waals surface area contributed by atoms with Gasteiger partial charge in [-0.1, -0.05) is 37.0 Å². The van der Waals surface area contributed by atoms with Crippen LogP contribution in [0.2, 0.25) is 0 Å². The van der Waals surface area contributed by atoms with E-state index in [1.54, 1.807) is 0 Å². The lowest BCUT2D eigenvalue weighted by Crippen LogP contribution is -2.47. The molecular formula is C21H32N2O. The molecule has 1 atom stereocenters. The van der Waals surface area contributed by atoms with Gasteiger partial charge in [0.15, 0.2) is 0 Å². The van der Waals surface area contributed by atoms with Gasteiger partial charge in [-0.05, 0) is 69.7 Å².